The summed E-state index contributed by atoms with van der Waals surface area (Å²) in [7, 11) is 2.01. The van der Waals surface area contributed by atoms with E-state index in [1.807, 2.05) is 49.5 Å². The van der Waals surface area contributed by atoms with Gasteiger partial charge in [0.25, 0.3) is 0 Å². The Morgan fingerprint density at radius 1 is 0.806 bits per heavy atom. The standard InChI is InChI=1S/C30H26F2N2S2/c1-20-19-35-27-15-5-3-13-25(27)33-29(21-9-7-11-23(31)17-21)30(22-10-8-12-24(32)18-22)34(2)26-14-4-6-16-28(26)36-20/h3-18,29-30,33H,1,19H2,2H3. The fraction of sp³-hybridized carbons (Fsp3) is 0.133. The molecule has 0 saturated heterocycles. The first kappa shape index (κ1) is 24.5. The second-order valence-electron chi connectivity index (χ2n) is 8.68. The van der Waals surface area contributed by atoms with Gasteiger partial charge in [0.15, 0.2) is 0 Å². The summed E-state index contributed by atoms with van der Waals surface area (Å²) in [6.45, 7) is 4.31. The Labute approximate surface area is 219 Å². The number of nitrogens with one attached hydrogen (secondary N) is 1. The van der Waals surface area contributed by atoms with Gasteiger partial charge in [0.05, 0.1) is 17.8 Å². The third-order valence-corrected chi connectivity index (χ3v) is 8.56. The highest BCUT2D eigenvalue weighted by Crippen LogP contribution is 2.45. The lowest BCUT2D eigenvalue weighted by Gasteiger charge is -2.39. The van der Waals surface area contributed by atoms with Crippen molar-refractivity contribution in [2.24, 2.45) is 0 Å². The minimum absolute atomic E-state index is 0.308. The molecule has 4 aromatic rings. The van der Waals surface area contributed by atoms with E-state index in [0.29, 0.717) is 0 Å². The molecular weight excluding hydrogens is 490 g/mol. The van der Waals surface area contributed by atoms with E-state index in [2.05, 4.69) is 35.0 Å². The third-order valence-electron chi connectivity index (χ3n) is 6.22. The number of anilines is 2. The average molecular weight is 517 g/mol. The number of nitrogens with zero attached hydrogens (tertiary/aromatic N) is 1. The van der Waals surface area contributed by atoms with E-state index in [4.69, 9.17) is 0 Å². The molecule has 0 aromatic heterocycles. The molecule has 1 aliphatic rings. The van der Waals surface area contributed by atoms with Crippen molar-refractivity contribution >= 4 is 34.9 Å². The number of halogens is 2. The van der Waals surface area contributed by atoms with E-state index >= 15 is 0 Å². The summed E-state index contributed by atoms with van der Waals surface area (Å²) in [5.41, 5.74) is 3.51. The van der Waals surface area contributed by atoms with Crippen LogP contribution < -0.4 is 10.2 Å². The third kappa shape index (κ3) is 5.30. The highest BCUT2D eigenvalue weighted by molar-refractivity contribution is 8.06. The summed E-state index contributed by atoms with van der Waals surface area (Å²) in [6, 6.07) is 28.9. The zero-order valence-electron chi connectivity index (χ0n) is 19.8. The van der Waals surface area contributed by atoms with Gasteiger partial charge in [-0.2, -0.15) is 0 Å². The van der Waals surface area contributed by atoms with Gasteiger partial charge in [-0.15, -0.1) is 11.8 Å². The quantitative estimate of drug-likeness (QED) is 0.286. The monoisotopic (exact) mass is 516 g/mol. The van der Waals surface area contributed by atoms with Crippen molar-refractivity contribution in [3.8, 4) is 0 Å². The van der Waals surface area contributed by atoms with Gasteiger partial charge in [0, 0.05) is 28.3 Å². The molecule has 0 spiro atoms. The van der Waals surface area contributed by atoms with Crippen molar-refractivity contribution < 1.29 is 8.78 Å². The van der Waals surface area contributed by atoms with Gasteiger partial charge in [0.1, 0.15) is 11.6 Å². The van der Waals surface area contributed by atoms with Crippen LogP contribution in [0, 0.1) is 11.6 Å². The van der Waals surface area contributed by atoms with Crippen LogP contribution in [0.2, 0.25) is 0 Å². The summed E-state index contributed by atoms with van der Waals surface area (Å²) in [5.74, 6) is 0.132. The number of thioether (sulfide) groups is 2. The molecule has 0 bridgehead atoms. The summed E-state index contributed by atoms with van der Waals surface area (Å²) < 4.78 is 29.1. The molecule has 0 fully saturated rings. The van der Waals surface area contributed by atoms with Gasteiger partial charge in [-0.3, -0.25) is 0 Å². The first-order chi connectivity index (χ1) is 17.5. The number of rotatable bonds is 2. The van der Waals surface area contributed by atoms with Crippen LogP contribution in [0.3, 0.4) is 0 Å². The first-order valence-corrected chi connectivity index (χ1v) is 13.5. The molecule has 1 N–H and O–H groups in total. The molecule has 182 valence electrons. The van der Waals surface area contributed by atoms with E-state index in [0.717, 1.165) is 43.0 Å². The Kier molecular flexibility index (Phi) is 7.35. The van der Waals surface area contributed by atoms with E-state index in [9.17, 15) is 8.78 Å². The summed E-state index contributed by atoms with van der Waals surface area (Å²) in [4.78, 5) is 5.35. The smallest absolute Gasteiger partial charge is 0.123 e. The van der Waals surface area contributed by atoms with Crippen LogP contribution in [-0.2, 0) is 0 Å². The topological polar surface area (TPSA) is 15.3 Å². The molecule has 1 heterocycles. The highest BCUT2D eigenvalue weighted by atomic mass is 32.2. The van der Waals surface area contributed by atoms with Crippen molar-refractivity contribution in [1.29, 1.82) is 0 Å². The van der Waals surface area contributed by atoms with Gasteiger partial charge < -0.3 is 10.2 Å². The molecule has 36 heavy (non-hydrogen) atoms. The minimum Gasteiger partial charge on any atom is -0.375 e. The SMILES string of the molecule is C=C1CSc2ccccc2NC(c2cccc(F)c2)C(c2cccc(F)c2)N(C)c2ccccc2S1. The molecule has 4 aromatic carbocycles. The lowest BCUT2D eigenvalue weighted by Crippen LogP contribution is -2.34. The van der Waals surface area contributed by atoms with E-state index in [1.165, 1.54) is 12.1 Å². The second-order valence-corrected chi connectivity index (χ2v) is 10.9. The van der Waals surface area contributed by atoms with Crippen molar-refractivity contribution in [2.75, 3.05) is 23.0 Å². The van der Waals surface area contributed by atoms with Gasteiger partial charge >= 0.3 is 0 Å². The van der Waals surface area contributed by atoms with Crippen LogP contribution in [-0.4, -0.2) is 12.8 Å². The van der Waals surface area contributed by atoms with Crippen molar-refractivity contribution in [3.05, 3.63) is 131 Å². The van der Waals surface area contributed by atoms with Gasteiger partial charge in [0.2, 0.25) is 0 Å². The lowest BCUT2D eigenvalue weighted by molar-refractivity contribution is 0.556. The van der Waals surface area contributed by atoms with Gasteiger partial charge in [-0.25, -0.2) is 8.78 Å². The fourth-order valence-electron chi connectivity index (χ4n) is 4.58. The number of likely N-dealkylation sites (N-methyl/N-ethyl adjacent to an activating group) is 1. The maximum atomic E-state index is 14.6. The zero-order chi connectivity index (χ0) is 25.1. The Bertz CT molecular complexity index is 1390. The highest BCUT2D eigenvalue weighted by Gasteiger charge is 2.31. The Balaban J connectivity index is 1.75. The predicted octanol–water partition coefficient (Wildman–Crippen LogP) is 8.71. The Hall–Kier alpha value is -3.22. The van der Waals surface area contributed by atoms with Crippen LogP contribution in [0.5, 0.6) is 0 Å². The van der Waals surface area contributed by atoms with Gasteiger partial charge in [-0.1, -0.05) is 66.9 Å². The van der Waals surface area contributed by atoms with E-state index < -0.39 is 0 Å². The second kappa shape index (κ2) is 10.8. The van der Waals surface area contributed by atoms with Crippen LogP contribution >= 0.6 is 23.5 Å². The number of hydrogen-bond donors (Lipinski definition) is 1. The molecule has 0 radical (unpaired) electrons. The lowest BCUT2D eigenvalue weighted by atomic mass is 9.91. The van der Waals surface area contributed by atoms with Gasteiger partial charge in [-0.05, 0) is 64.6 Å². The van der Waals surface area contributed by atoms with Crippen molar-refractivity contribution in [2.45, 2.75) is 21.9 Å². The number of fused-ring (bicyclic) bond motifs is 2. The van der Waals surface area contributed by atoms with E-state index in [-0.39, 0.29) is 23.7 Å². The minimum atomic E-state index is -0.380. The van der Waals surface area contributed by atoms with Crippen LogP contribution in [0.15, 0.2) is 118 Å². The average Bonchev–Trinajstić information content (AvgIpc) is 2.87. The molecule has 0 aliphatic carbocycles. The van der Waals surface area contributed by atoms with Crippen molar-refractivity contribution in [3.63, 3.8) is 0 Å². The molecule has 2 nitrogen and oxygen atoms in total. The number of benzene rings is 4. The molecule has 1 aliphatic heterocycles. The van der Waals surface area contributed by atoms with Crippen LogP contribution in [0.4, 0.5) is 20.2 Å². The Morgan fingerprint density at radius 2 is 1.44 bits per heavy atom. The van der Waals surface area contributed by atoms with Crippen LogP contribution in [0.25, 0.3) is 0 Å². The molecule has 2 unspecified atom stereocenters. The largest absolute Gasteiger partial charge is 0.375 e. The molecule has 6 heteroatoms. The molecule has 0 saturated carbocycles. The normalized spacial score (nSPS) is 18.3. The first-order valence-electron chi connectivity index (χ1n) is 11.7. The summed E-state index contributed by atoms with van der Waals surface area (Å²) in [6.07, 6.45) is 0. The molecule has 0 amide bonds. The molecule has 5 rings (SSSR count). The fourth-order valence-corrected chi connectivity index (χ4v) is 6.54. The summed E-state index contributed by atoms with van der Waals surface area (Å²) >= 11 is 3.37. The van der Waals surface area contributed by atoms with Crippen molar-refractivity contribution in [1.82, 2.24) is 0 Å². The Morgan fingerprint density at radius 3 is 2.19 bits per heavy atom. The maximum Gasteiger partial charge on any atom is 0.123 e. The molecular formula is C30H26F2N2S2. The number of hydrogen-bond acceptors (Lipinski definition) is 4. The summed E-state index contributed by atoms with van der Waals surface area (Å²) in [5, 5.41) is 3.71. The zero-order valence-corrected chi connectivity index (χ0v) is 21.5. The maximum absolute atomic E-state index is 14.6. The van der Waals surface area contributed by atoms with Crippen LogP contribution in [0.1, 0.15) is 23.2 Å². The number of para-hydroxylation sites is 2. The molecule has 2 atom stereocenters. The predicted molar refractivity (Wildman–Crippen MR) is 149 cm³/mol. The van der Waals surface area contributed by atoms with E-state index in [1.54, 1.807) is 47.8 Å².